The summed E-state index contributed by atoms with van der Waals surface area (Å²) in [5.74, 6) is 1.52. The molecule has 186 valence electrons. The van der Waals surface area contributed by atoms with Crippen LogP contribution in [0, 0.1) is 5.92 Å². The van der Waals surface area contributed by atoms with Crippen LogP contribution < -0.4 is 10.1 Å². The Labute approximate surface area is 208 Å². The van der Waals surface area contributed by atoms with Crippen LogP contribution >= 0.6 is 11.3 Å². The molecule has 0 fully saturated rings. The summed E-state index contributed by atoms with van der Waals surface area (Å²) in [4.78, 5) is 31.1. The van der Waals surface area contributed by atoms with E-state index in [4.69, 9.17) is 4.74 Å². The third-order valence-corrected chi connectivity index (χ3v) is 7.09. The van der Waals surface area contributed by atoms with E-state index >= 15 is 0 Å². The number of amides is 3. The molecule has 1 atom stereocenters. The Bertz CT molecular complexity index is 939. The lowest BCUT2D eigenvalue weighted by Crippen LogP contribution is -2.50. The smallest absolute Gasteiger partial charge is 0.317 e. The van der Waals surface area contributed by atoms with Crippen LogP contribution in [0.1, 0.15) is 69.0 Å². The summed E-state index contributed by atoms with van der Waals surface area (Å²) in [6.45, 7) is 12.7. The summed E-state index contributed by atoms with van der Waals surface area (Å²) >= 11 is 1.74. The highest BCUT2D eigenvalue weighted by Crippen LogP contribution is 2.34. The maximum Gasteiger partial charge on any atom is 0.317 e. The molecule has 0 saturated heterocycles. The second kappa shape index (κ2) is 12.2. The van der Waals surface area contributed by atoms with Crippen molar-refractivity contribution in [2.75, 3.05) is 32.8 Å². The molecule has 3 amide bonds. The Morgan fingerprint density at radius 3 is 2.56 bits per heavy atom. The number of urea groups is 1. The first-order valence-corrected chi connectivity index (χ1v) is 13.3. The van der Waals surface area contributed by atoms with Gasteiger partial charge < -0.3 is 19.9 Å². The van der Waals surface area contributed by atoms with Crippen LogP contribution in [0.15, 0.2) is 35.7 Å². The van der Waals surface area contributed by atoms with Crippen LogP contribution in [0.3, 0.4) is 0 Å². The van der Waals surface area contributed by atoms with Crippen molar-refractivity contribution in [3.63, 3.8) is 0 Å². The normalized spacial score (nSPS) is 15.4. The molecule has 0 radical (unpaired) electrons. The molecular formula is C27H39N3O3S. The molecule has 1 aliphatic heterocycles. The van der Waals surface area contributed by atoms with Gasteiger partial charge in [-0.2, -0.15) is 0 Å². The van der Waals surface area contributed by atoms with E-state index in [1.807, 2.05) is 24.0 Å². The molecule has 6 nitrogen and oxygen atoms in total. The van der Waals surface area contributed by atoms with E-state index in [1.54, 1.807) is 16.2 Å². The van der Waals surface area contributed by atoms with Gasteiger partial charge in [0.1, 0.15) is 18.9 Å². The molecule has 3 rings (SSSR count). The first kappa shape index (κ1) is 26.1. The lowest BCUT2D eigenvalue weighted by Gasteiger charge is -2.37. The highest BCUT2D eigenvalue weighted by molar-refractivity contribution is 7.10. The molecule has 34 heavy (non-hydrogen) atoms. The fourth-order valence-corrected chi connectivity index (χ4v) is 5.18. The van der Waals surface area contributed by atoms with Gasteiger partial charge in [-0.3, -0.25) is 4.79 Å². The largest absolute Gasteiger partial charge is 0.491 e. The molecule has 0 unspecified atom stereocenters. The number of hydrogen-bond donors (Lipinski definition) is 1. The SMILES string of the molecule is CCCNC(=O)N(CC(=O)N1CCc2sccc2[C@H]1COc1ccc(C(C)C)cc1)CC(C)C. The molecule has 1 N–H and O–H groups in total. The number of thiophene rings is 1. The Kier molecular flexibility index (Phi) is 9.39. The van der Waals surface area contributed by atoms with Gasteiger partial charge in [0.2, 0.25) is 5.91 Å². The predicted molar refractivity (Wildman–Crippen MR) is 139 cm³/mol. The Balaban J connectivity index is 1.73. The van der Waals surface area contributed by atoms with Crippen molar-refractivity contribution in [2.45, 2.75) is 59.4 Å². The lowest BCUT2D eigenvalue weighted by molar-refractivity contribution is -0.135. The summed E-state index contributed by atoms with van der Waals surface area (Å²) in [5, 5.41) is 5.01. The number of carbonyl (C=O) groups is 2. The highest BCUT2D eigenvalue weighted by atomic mass is 32.1. The molecule has 1 aromatic heterocycles. The van der Waals surface area contributed by atoms with Crippen LogP contribution in [0.5, 0.6) is 5.75 Å². The minimum atomic E-state index is -0.171. The zero-order valence-electron chi connectivity index (χ0n) is 21.2. The summed E-state index contributed by atoms with van der Waals surface area (Å²) in [6.07, 6.45) is 1.70. The number of rotatable bonds is 10. The van der Waals surface area contributed by atoms with E-state index < -0.39 is 0 Å². The number of benzene rings is 1. The van der Waals surface area contributed by atoms with Crippen molar-refractivity contribution in [1.29, 1.82) is 0 Å². The highest BCUT2D eigenvalue weighted by Gasteiger charge is 2.33. The minimum absolute atomic E-state index is 0.0343. The number of nitrogens with one attached hydrogen (secondary N) is 1. The monoisotopic (exact) mass is 485 g/mol. The number of carbonyl (C=O) groups excluding carboxylic acids is 2. The van der Waals surface area contributed by atoms with Gasteiger partial charge in [-0.1, -0.05) is 46.8 Å². The molecule has 1 aliphatic rings. The van der Waals surface area contributed by atoms with Crippen LogP contribution in [-0.4, -0.2) is 54.5 Å². The zero-order valence-corrected chi connectivity index (χ0v) is 22.0. The molecule has 1 aromatic carbocycles. The first-order valence-electron chi connectivity index (χ1n) is 12.4. The average molecular weight is 486 g/mol. The van der Waals surface area contributed by atoms with Crippen LogP contribution in [0.2, 0.25) is 0 Å². The topological polar surface area (TPSA) is 61.9 Å². The molecule has 0 bridgehead atoms. The van der Waals surface area contributed by atoms with Crippen molar-refractivity contribution < 1.29 is 14.3 Å². The van der Waals surface area contributed by atoms with E-state index in [1.165, 1.54) is 10.4 Å². The fraction of sp³-hybridized carbons (Fsp3) is 0.556. The van der Waals surface area contributed by atoms with Gasteiger partial charge in [-0.05, 0) is 59.4 Å². The number of ether oxygens (including phenoxy) is 1. The van der Waals surface area contributed by atoms with Crippen molar-refractivity contribution in [2.24, 2.45) is 5.92 Å². The van der Waals surface area contributed by atoms with Crippen molar-refractivity contribution in [3.8, 4) is 5.75 Å². The maximum absolute atomic E-state index is 13.5. The molecule has 7 heteroatoms. The fourth-order valence-electron chi connectivity index (χ4n) is 4.26. The van der Waals surface area contributed by atoms with Crippen molar-refractivity contribution >= 4 is 23.3 Å². The Morgan fingerprint density at radius 2 is 1.91 bits per heavy atom. The van der Waals surface area contributed by atoms with Crippen LogP contribution in [0.25, 0.3) is 0 Å². The summed E-state index contributed by atoms with van der Waals surface area (Å²) in [5.41, 5.74) is 2.43. The Hall–Kier alpha value is -2.54. The van der Waals surface area contributed by atoms with Gasteiger partial charge in [0.25, 0.3) is 0 Å². The maximum atomic E-state index is 13.5. The van der Waals surface area contributed by atoms with Gasteiger partial charge in [-0.15, -0.1) is 11.3 Å². The summed E-state index contributed by atoms with van der Waals surface area (Å²) < 4.78 is 6.17. The predicted octanol–water partition coefficient (Wildman–Crippen LogP) is 5.45. The summed E-state index contributed by atoms with van der Waals surface area (Å²) in [7, 11) is 0. The number of fused-ring (bicyclic) bond motifs is 1. The third kappa shape index (κ3) is 6.75. The van der Waals surface area contributed by atoms with Crippen molar-refractivity contribution in [3.05, 3.63) is 51.7 Å². The minimum Gasteiger partial charge on any atom is -0.491 e. The number of hydrogen-bond acceptors (Lipinski definition) is 4. The zero-order chi connectivity index (χ0) is 24.7. The quantitative estimate of drug-likeness (QED) is 0.486. The first-order chi connectivity index (χ1) is 16.3. The molecule has 0 aliphatic carbocycles. The second-order valence-electron chi connectivity index (χ2n) is 9.69. The van der Waals surface area contributed by atoms with Gasteiger partial charge in [0, 0.05) is 24.5 Å². The molecule has 0 spiro atoms. The van der Waals surface area contributed by atoms with Gasteiger partial charge in [0.05, 0.1) is 6.04 Å². The number of nitrogens with zero attached hydrogens (tertiary/aromatic N) is 2. The lowest BCUT2D eigenvalue weighted by atomic mass is 10.00. The average Bonchev–Trinajstić information content (AvgIpc) is 3.29. The van der Waals surface area contributed by atoms with Crippen LogP contribution in [-0.2, 0) is 11.2 Å². The van der Waals surface area contributed by atoms with E-state index in [9.17, 15) is 9.59 Å². The molecule has 2 heterocycles. The van der Waals surface area contributed by atoms with E-state index in [2.05, 4.69) is 56.6 Å². The van der Waals surface area contributed by atoms with Gasteiger partial charge >= 0.3 is 6.03 Å². The van der Waals surface area contributed by atoms with E-state index in [0.29, 0.717) is 32.2 Å². The summed E-state index contributed by atoms with van der Waals surface area (Å²) in [6, 6.07) is 9.97. The standard InChI is InChI=1S/C27H39N3O3S/c1-6-13-28-27(32)29(16-19(2)3)17-26(31)30-14-11-25-23(12-15-34-25)24(30)18-33-22-9-7-21(8-10-22)20(4)5/h7-10,12,15,19-20,24H,6,11,13-14,16-18H2,1-5H3,(H,28,32)/t24-/m1/s1. The third-order valence-electron chi connectivity index (χ3n) is 6.09. The molecule has 2 aromatic rings. The molecular weight excluding hydrogens is 446 g/mol. The Morgan fingerprint density at radius 1 is 1.18 bits per heavy atom. The molecule has 0 saturated carbocycles. The van der Waals surface area contributed by atoms with E-state index in [0.717, 1.165) is 24.2 Å². The van der Waals surface area contributed by atoms with Gasteiger partial charge in [-0.25, -0.2) is 4.79 Å². The van der Waals surface area contributed by atoms with Crippen LogP contribution in [0.4, 0.5) is 4.79 Å². The van der Waals surface area contributed by atoms with Gasteiger partial charge in [0.15, 0.2) is 0 Å². The van der Waals surface area contributed by atoms with Crippen molar-refractivity contribution in [1.82, 2.24) is 15.1 Å². The second-order valence-corrected chi connectivity index (χ2v) is 10.7. The van der Waals surface area contributed by atoms with E-state index in [-0.39, 0.29) is 30.4 Å².